The Bertz CT molecular complexity index is 990. The standard InChI is InChI=1S/C21H29F3N4O4S/c1-14(2)12-20(3)18(29)28(19(25)26-20)13-15-8-10-27(11-9-15)33(30,31)17-6-4-16(5-7-17)32-21(22,23)24/h4-7,14-15H,8-13H2,1-3H3,(H2,25,26). The number of piperidine rings is 1. The van der Waals surface area contributed by atoms with Gasteiger partial charge < -0.3 is 10.1 Å². The number of carbonyl (C=O) groups excluding carboxylic acids is 1. The normalized spacial score (nSPS) is 23.3. The fourth-order valence-corrected chi connectivity index (χ4v) is 5.93. The van der Waals surface area contributed by atoms with E-state index in [9.17, 15) is 26.4 Å². The number of sulfonamides is 1. The van der Waals surface area contributed by atoms with Gasteiger partial charge in [0.05, 0.1) is 4.90 Å². The highest BCUT2D eigenvalue weighted by atomic mass is 32.2. The number of hydrogen-bond acceptors (Lipinski definition) is 5. The Morgan fingerprint density at radius 2 is 1.79 bits per heavy atom. The fraction of sp³-hybridized carbons (Fsp3) is 0.619. The van der Waals surface area contributed by atoms with E-state index in [1.807, 2.05) is 13.8 Å². The topological polar surface area (TPSA) is 103 Å². The molecule has 1 atom stereocenters. The third-order valence-electron chi connectivity index (χ3n) is 5.91. The summed E-state index contributed by atoms with van der Waals surface area (Å²) in [4.78, 5) is 14.2. The van der Waals surface area contributed by atoms with Crippen LogP contribution >= 0.6 is 0 Å². The quantitative estimate of drug-likeness (QED) is 0.611. The zero-order chi connectivity index (χ0) is 24.6. The number of alkyl halides is 3. The molecule has 1 aromatic carbocycles. The largest absolute Gasteiger partial charge is 0.573 e. The smallest absolute Gasteiger partial charge is 0.406 e. The van der Waals surface area contributed by atoms with E-state index in [1.165, 1.54) is 9.21 Å². The molecule has 0 saturated carbocycles. The van der Waals surface area contributed by atoms with Crippen LogP contribution in [0.4, 0.5) is 13.2 Å². The van der Waals surface area contributed by atoms with Crippen LogP contribution in [0.2, 0.25) is 0 Å². The number of guanidine groups is 1. The summed E-state index contributed by atoms with van der Waals surface area (Å²) in [5, 5.41) is 11.2. The molecule has 0 bridgehead atoms. The van der Waals surface area contributed by atoms with Crippen LogP contribution in [0, 0.1) is 17.2 Å². The molecule has 2 aliphatic heterocycles. The van der Waals surface area contributed by atoms with Gasteiger partial charge in [-0.2, -0.15) is 4.31 Å². The van der Waals surface area contributed by atoms with Crippen molar-refractivity contribution in [2.75, 3.05) is 19.6 Å². The highest BCUT2D eigenvalue weighted by Gasteiger charge is 2.46. The zero-order valence-electron chi connectivity index (χ0n) is 18.8. The Morgan fingerprint density at radius 3 is 2.30 bits per heavy atom. The predicted molar refractivity (Wildman–Crippen MR) is 115 cm³/mol. The second-order valence-corrected chi connectivity index (χ2v) is 11.1. The molecule has 2 saturated heterocycles. The van der Waals surface area contributed by atoms with Crippen molar-refractivity contribution in [3.63, 3.8) is 0 Å². The van der Waals surface area contributed by atoms with Gasteiger partial charge in [-0.1, -0.05) is 13.8 Å². The van der Waals surface area contributed by atoms with Crippen LogP contribution in [-0.2, 0) is 14.8 Å². The van der Waals surface area contributed by atoms with E-state index in [1.54, 1.807) is 6.92 Å². The van der Waals surface area contributed by atoms with Crippen LogP contribution in [0.5, 0.6) is 5.75 Å². The summed E-state index contributed by atoms with van der Waals surface area (Å²) in [6.45, 7) is 6.61. The van der Waals surface area contributed by atoms with E-state index in [-0.39, 0.29) is 41.7 Å². The molecule has 8 nitrogen and oxygen atoms in total. The predicted octanol–water partition coefficient (Wildman–Crippen LogP) is 3.16. The Hall–Kier alpha value is -2.34. The molecule has 0 spiro atoms. The summed E-state index contributed by atoms with van der Waals surface area (Å²) in [5.41, 5.74) is -0.808. The van der Waals surface area contributed by atoms with Crippen molar-refractivity contribution in [2.24, 2.45) is 11.8 Å². The van der Waals surface area contributed by atoms with Crippen molar-refractivity contribution in [1.29, 1.82) is 5.41 Å². The van der Waals surface area contributed by atoms with Crippen molar-refractivity contribution in [3.05, 3.63) is 24.3 Å². The number of rotatable bonds is 7. The molecule has 184 valence electrons. The van der Waals surface area contributed by atoms with Gasteiger partial charge in [-0.15, -0.1) is 13.2 Å². The van der Waals surface area contributed by atoms with Crippen molar-refractivity contribution in [1.82, 2.24) is 14.5 Å². The SMILES string of the molecule is CC(C)CC1(C)NC(=N)N(CC2CCN(S(=O)(=O)c3ccc(OC(F)(F)F)cc3)CC2)C1=O. The first-order valence-corrected chi connectivity index (χ1v) is 12.2. The molecule has 2 heterocycles. The maximum atomic E-state index is 12.9. The molecule has 0 aromatic heterocycles. The van der Waals surface area contributed by atoms with E-state index in [0.29, 0.717) is 25.8 Å². The Labute approximate surface area is 191 Å². The molecule has 1 aromatic rings. The minimum atomic E-state index is -4.85. The highest BCUT2D eigenvalue weighted by Crippen LogP contribution is 2.30. The molecule has 2 N–H and O–H groups in total. The number of amides is 1. The third kappa shape index (κ3) is 5.78. The van der Waals surface area contributed by atoms with Gasteiger partial charge in [0.25, 0.3) is 5.91 Å². The van der Waals surface area contributed by atoms with Crippen LogP contribution in [0.15, 0.2) is 29.2 Å². The third-order valence-corrected chi connectivity index (χ3v) is 7.82. The number of carbonyl (C=O) groups is 1. The van der Waals surface area contributed by atoms with E-state index >= 15 is 0 Å². The molecule has 3 rings (SSSR count). The zero-order valence-corrected chi connectivity index (χ0v) is 19.6. The van der Waals surface area contributed by atoms with Crippen molar-refractivity contribution >= 4 is 21.9 Å². The monoisotopic (exact) mass is 490 g/mol. The van der Waals surface area contributed by atoms with E-state index in [2.05, 4.69) is 10.1 Å². The van der Waals surface area contributed by atoms with Gasteiger partial charge in [0.2, 0.25) is 10.0 Å². The number of ether oxygens (including phenoxy) is 1. The fourth-order valence-electron chi connectivity index (χ4n) is 4.46. The molecule has 12 heteroatoms. The lowest BCUT2D eigenvalue weighted by Crippen LogP contribution is -2.46. The van der Waals surface area contributed by atoms with Gasteiger partial charge in [0.1, 0.15) is 11.3 Å². The molecule has 2 fully saturated rings. The van der Waals surface area contributed by atoms with Crippen molar-refractivity contribution < 1.29 is 31.1 Å². The van der Waals surface area contributed by atoms with Crippen LogP contribution in [0.25, 0.3) is 0 Å². The molecular weight excluding hydrogens is 461 g/mol. The Kier molecular flexibility index (Phi) is 6.99. The van der Waals surface area contributed by atoms with Crippen LogP contribution in [-0.4, -0.2) is 61.0 Å². The van der Waals surface area contributed by atoms with Gasteiger partial charge in [-0.25, -0.2) is 8.42 Å². The van der Waals surface area contributed by atoms with Crippen molar-refractivity contribution in [3.8, 4) is 5.75 Å². The Morgan fingerprint density at radius 1 is 1.21 bits per heavy atom. The van der Waals surface area contributed by atoms with Gasteiger partial charge in [0, 0.05) is 19.6 Å². The minimum absolute atomic E-state index is 0.0338. The second-order valence-electron chi connectivity index (χ2n) is 9.19. The maximum Gasteiger partial charge on any atom is 0.573 e. The average Bonchev–Trinajstić information content (AvgIpc) is 2.89. The van der Waals surface area contributed by atoms with Gasteiger partial charge in [0.15, 0.2) is 5.96 Å². The summed E-state index contributed by atoms with van der Waals surface area (Å²) in [7, 11) is -3.87. The summed E-state index contributed by atoms with van der Waals surface area (Å²) in [6.07, 6.45) is -3.23. The minimum Gasteiger partial charge on any atom is -0.406 e. The molecule has 33 heavy (non-hydrogen) atoms. The lowest BCUT2D eigenvalue weighted by Gasteiger charge is -2.33. The van der Waals surface area contributed by atoms with Crippen LogP contribution in [0.3, 0.4) is 0 Å². The van der Waals surface area contributed by atoms with Gasteiger partial charge in [-0.05, 0) is 62.3 Å². The van der Waals surface area contributed by atoms with E-state index in [0.717, 1.165) is 24.3 Å². The molecule has 2 aliphatic rings. The van der Waals surface area contributed by atoms with Crippen molar-refractivity contribution in [2.45, 2.75) is 56.8 Å². The summed E-state index contributed by atoms with van der Waals surface area (Å²) in [6, 6.07) is 4.12. The first-order valence-electron chi connectivity index (χ1n) is 10.8. The van der Waals surface area contributed by atoms with Gasteiger partial charge >= 0.3 is 6.36 Å². The highest BCUT2D eigenvalue weighted by molar-refractivity contribution is 7.89. The van der Waals surface area contributed by atoms with E-state index in [4.69, 9.17) is 5.41 Å². The number of nitrogens with one attached hydrogen (secondary N) is 2. The maximum absolute atomic E-state index is 12.9. The molecular formula is C21H29F3N4O4S. The molecule has 1 amide bonds. The van der Waals surface area contributed by atoms with Crippen LogP contribution in [0.1, 0.15) is 40.0 Å². The number of hydrogen-bond donors (Lipinski definition) is 2. The average molecular weight is 491 g/mol. The van der Waals surface area contributed by atoms with E-state index < -0.39 is 27.7 Å². The second kappa shape index (κ2) is 9.13. The summed E-state index contributed by atoms with van der Waals surface area (Å²) < 4.78 is 67.8. The first kappa shape index (κ1) is 25.3. The summed E-state index contributed by atoms with van der Waals surface area (Å²) >= 11 is 0. The molecule has 0 radical (unpaired) electrons. The van der Waals surface area contributed by atoms with Gasteiger partial charge in [-0.3, -0.25) is 15.1 Å². The number of benzene rings is 1. The van der Waals surface area contributed by atoms with Crippen LogP contribution < -0.4 is 10.1 Å². The number of halogens is 3. The lowest BCUT2D eigenvalue weighted by molar-refractivity contribution is -0.274. The molecule has 0 aliphatic carbocycles. The number of nitrogens with zero attached hydrogens (tertiary/aromatic N) is 2. The summed E-state index contributed by atoms with van der Waals surface area (Å²) in [5.74, 6) is -0.249. The lowest BCUT2D eigenvalue weighted by atomic mass is 9.90. The Balaban J connectivity index is 1.59. The molecule has 1 unspecified atom stereocenters. The first-order chi connectivity index (χ1) is 15.2.